The molecule has 0 radical (unpaired) electrons. The van der Waals surface area contributed by atoms with E-state index in [1.165, 1.54) is 11.3 Å². The first-order valence-corrected chi connectivity index (χ1v) is 6.47. The zero-order valence-electron chi connectivity index (χ0n) is 10.1. The number of hydrogen-bond donors (Lipinski definition) is 0. The number of fused-ring (bicyclic) bond motifs is 1. The Kier molecular flexibility index (Phi) is 2.86. The summed E-state index contributed by atoms with van der Waals surface area (Å²) in [6.07, 6.45) is 1.71. The second-order valence-corrected chi connectivity index (χ2v) is 5.03. The lowest BCUT2D eigenvalue weighted by atomic mass is 10.3. The van der Waals surface area contributed by atoms with Crippen LogP contribution >= 0.6 is 11.3 Å². The van der Waals surface area contributed by atoms with E-state index in [4.69, 9.17) is 10.00 Å². The molecule has 0 aliphatic carbocycles. The van der Waals surface area contributed by atoms with Gasteiger partial charge in [0.15, 0.2) is 5.01 Å². The van der Waals surface area contributed by atoms with Crippen LogP contribution < -0.4 is 4.74 Å². The molecule has 0 spiro atoms. The van der Waals surface area contributed by atoms with Crippen LogP contribution in [-0.4, -0.2) is 9.97 Å². The van der Waals surface area contributed by atoms with Gasteiger partial charge in [-0.3, -0.25) is 4.98 Å². The molecule has 0 unspecified atom stereocenters. The first kappa shape index (κ1) is 11.6. The average molecular weight is 267 g/mol. The Morgan fingerprint density at radius 1 is 1.21 bits per heavy atom. The van der Waals surface area contributed by atoms with Crippen molar-refractivity contribution < 1.29 is 4.74 Å². The van der Waals surface area contributed by atoms with Crippen molar-refractivity contribution in [2.24, 2.45) is 0 Å². The van der Waals surface area contributed by atoms with E-state index >= 15 is 0 Å². The van der Waals surface area contributed by atoms with E-state index in [-0.39, 0.29) is 0 Å². The fraction of sp³-hybridized carbons (Fsp3) is 0.0714. The standard InChI is InChI=1S/C14H9N3OS/c1-9-6-11(4-5-16-9)18-10-2-3-12-13(7-10)19-14(8-15)17-12/h2-7H,1H3. The van der Waals surface area contributed by atoms with Gasteiger partial charge in [-0.2, -0.15) is 5.26 Å². The molecule has 0 aliphatic rings. The Balaban J connectivity index is 1.95. The quantitative estimate of drug-likeness (QED) is 0.711. The van der Waals surface area contributed by atoms with Crippen LogP contribution in [0.2, 0.25) is 0 Å². The molecule has 3 aromatic rings. The third-order valence-corrected chi connectivity index (χ3v) is 3.48. The number of hydrogen-bond acceptors (Lipinski definition) is 5. The Morgan fingerprint density at radius 2 is 2.05 bits per heavy atom. The van der Waals surface area contributed by atoms with Gasteiger partial charge in [0.05, 0.1) is 10.2 Å². The number of nitriles is 1. The number of aromatic nitrogens is 2. The molecule has 0 saturated heterocycles. The number of aryl methyl sites for hydroxylation is 1. The summed E-state index contributed by atoms with van der Waals surface area (Å²) in [5, 5.41) is 9.30. The molecule has 5 heteroatoms. The van der Waals surface area contributed by atoms with Crippen LogP contribution in [0, 0.1) is 18.3 Å². The minimum atomic E-state index is 0.465. The molecule has 0 amide bonds. The van der Waals surface area contributed by atoms with E-state index in [9.17, 15) is 0 Å². The lowest BCUT2D eigenvalue weighted by molar-refractivity contribution is 0.482. The SMILES string of the molecule is Cc1cc(Oc2ccc3nc(C#N)sc3c2)ccn1. The maximum absolute atomic E-state index is 8.83. The normalized spacial score (nSPS) is 10.3. The summed E-state index contributed by atoms with van der Waals surface area (Å²) in [6.45, 7) is 1.92. The Labute approximate surface area is 113 Å². The number of benzene rings is 1. The van der Waals surface area contributed by atoms with E-state index in [0.29, 0.717) is 5.01 Å². The lowest BCUT2D eigenvalue weighted by Gasteiger charge is -2.05. The van der Waals surface area contributed by atoms with Gasteiger partial charge < -0.3 is 4.74 Å². The fourth-order valence-corrected chi connectivity index (χ4v) is 2.53. The Bertz CT molecular complexity index is 789. The van der Waals surface area contributed by atoms with Crippen LogP contribution in [0.15, 0.2) is 36.5 Å². The average Bonchev–Trinajstić information content (AvgIpc) is 2.81. The third kappa shape index (κ3) is 2.39. The molecule has 1 aromatic carbocycles. The van der Waals surface area contributed by atoms with Crippen molar-refractivity contribution in [2.45, 2.75) is 6.92 Å². The van der Waals surface area contributed by atoms with Crippen LogP contribution in [0.3, 0.4) is 0 Å². The maximum Gasteiger partial charge on any atom is 0.195 e. The summed E-state index contributed by atoms with van der Waals surface area (Å²) in [5.41, 5.74) is 1.72. The molecular formula is C14H9N3OS. The summed E-state index contributed by atoms with van der Waals surface area (Å²) in [4.78, 5) is 8.31. The van der Waals surface area contributed by atoms with Gasteiger partial charge >= 0.3 is 0 Å². The van der Waals surface area contributed by atoms with E-state index in [0.717, 1.165) is 27.4 Å². The summed E-state index contributed by atoms with van der Waals surface area (Å²) >= 11 is 1.36. The van der Waals surface area contributed by atoms with Gasteiger partial charge in [-0.25, -0.2) is 4.98 Å². The Morgan fingerprint density at radius 3 is 2.84 bits per heavy atom. The van der Waals surface area contributed by atoms with Gasteiger partial charge in [-0.1, -0.05) is 0 Å². The van der Waals surface area contributed by atoms with Gasteiger partial charge in [-0.05, 0) is 25.1 Å². The predicted molar refractivity (Wildman–Crippen MR) is 73.4 cm³/mol. The highest BCUT2D eigenvalue weighted by Gasteiger charge is 2.05. The van der Waals surface area contributed by atoms with Crippen LogP contribution in [-0.2, 0) is 0 Å². The molecule has 92 valence electrons. The zero-order valence-corrected chi connectivity index (χ0v) is 10.9. The van der Waals surface area contributed by atoms with Crippen molar-refractivity contribution in [3.63, 3.8) is 0 Å². The van der Waals surface area contributed by atoms with Crippen molar-refractivity contribution in [3.8, 4) is 17.6 Å². The summed E-state index contributed by atoms with van der Waals surface area (Å²) in [7, 11) is 0. The topological polar surface area (TPSA) is 58.8 Å². The molecule has 0 bridgehead atoms. The van der Waals surface area contributed by atoms with E-state index in [1.54, 1.807) is 6.20 Å². The van der Waals surface area contributed by atoms with E-state index in [2.05, 4.69) is 16.0 Å². The van der Waals surface area contributed by atoms with Gasteiger partial charge in [0.1, 0.15) is 17.6 Å². The molecule has 19 heavy (non-hydrogen) atoms. The summed E-state index contributed by atoms with van der Waals surface area (Å²) < 4.78 is 6.71. The highest BCUT2D eigenvalue weighted by Crippen LogP contribution is 2.28. The van der Waals surface area contributed by atoms with Crippen LogP contribution in [0.1, 0.15) is 10.7 Å². The van der Waals surface area contributed by atoms with Crippen molar-refractivity contribution in [1.29, 1.82) is 5.26 Å². The molecule has 0 aliphatic heterocycles. The van der Waals surface area contributed by atoms with Gasteiger partial charge in [0.2, 0.25) is 0 Å². The van der Waals surface area contributed by atoms with Gasteiger partial charge in [0.25, 0.3) is 0 Å². The third-order valence-electron chi connectivity index (χ3n) is 2.56. The van der Waals surface area contributed by atoms with E-state index in [1.807, 2.05) is 37.3 Å². The molecular weight excluding hydrogens is 258 g/mol. The molecule has 3 rings (SSSR count). The molecule has 0 fully saturated rings. The highest BCUT2D eigenvalue weighted by molar-refractivity contribution is 7.19. The predicted octanol–water partition coefficient (Wildman–Crippen LogP) is 3.66. The van der Waals surface area contributed by atoms with Gasteiger partial charge in [0, 0.05) is 24.0 Å². The Hall–Kier alpha value is -2.45. The first-order chi connectivity index (χ1) is 9.24. The van der Waals surface area contributed by atoms with Crippen molar-refractivity contribution in [2.75, 3.05) is 0 Å². The number of pyridine rings is 1. The second-order valence-electron chi connectivity index (χ2n) is 4.00. The molecule has 2 aromatic heterocycles. The largest absolute Gasteiger partial charge is 0.457 e. The molecule has 0 saturated carbocycles. The van der Waals surface area contributed by atoms with Crippen molar-refractivity contribution in [1.82, 2.24) is 9.97 Å². The lowest BCUT2D eigenvalue weighted by Crippen LogP contribution is -1.86. The summed E-state index contributed by atoms with van der Waals surface area (Å²) in [6, 6.07) is 11.3. The zero-order chi connectivity index (χ0) is 13.2. The van der Waals surface area contributed by atoms with Crippen molar-refractivity contribution >= 4 is 21.6 Å². The van der Waals surface area contributed by atoms with Crippen LogP contribution in [0.5, 0.6) is 11.5 Å². The number of thiazole rings is 1. The minimum Gasteiger partial charge on any atom is -0.457 e. The number of nitrogens with zero attached hydrogens (tertiary/aromatic N) is 3. The fourth-order valence-electron chi connectivity index (χ4n) is 1.74. The molecule has 4 nitrogen and oxygen atoms in total. The van der Waals surface area contributed by atoms with E-state index < -0.39 is 0 Å². The molecule has 2 heterocycles. The second kappa shape index (κ2) is 4.67. The number of ether oxygens (including phenoxy) is 1. The van der Waals surface area contributed by atoms with Crippen molar-refractivity contribution in [3.05, 3.63) is 47.2 Å². The number of rotatable bonds is 2. The maximum atomic E-state index is 8.83. The van der Waals surface area contributed by atoms with Crippen LogP contribution in [0.25, 0.3) is 10.2 Å². The molecule has 0 atom stereocenters. The van der Waals surface area contributed by atoms with Gasteiger partial charge in [-0.15, -0.1) is 11.3 Å². The first-order valence-electron chi connectivity index (χ1n) is 5.66. The monoisotopic (exact) mass is 267 g/mol. The smallest absolute Gasteiger partial charge is 0.195 e. The highest BCUT2D eigenvalue weighted by atomic mass is 32.1. The minimum absolute atomic E-state index is 0.465. The summed E-state index contributed by atoms with van der Waals surface area (Å²) in [5.74, 6) is 1.48. The molecule has 0 N–H and O–H groups in total. The van der Waals surface area contributed by atoms with Crippen LogP contribution in [0.4, 0.5) is 0 Å².